The molecule has 1 rings (SSSR count). The highest BCUT2D eigenvalue weighted by Crippen LogP contribution is 2.09. The number of carbonyl (C=O) groups excluding carboxylic acids is 2. The molecular formula is C9H13N3O4. The summed E-state index contributed by atoms with van der Waals surface area (Å²) < 4.78 is 9.58. The first-order chi connectivity index (χ1) is 7.58. The minimum Gasteiger partial charge on any atom is -0.468 e. The second-order valence-corrected chi connectivity index (χ2v) is 3.07. The lowest BCUT2D eigenvalue weighted by molar-refractivity contribution is -0.142. The maximum atomic E-state index is 11.0. The van der Waals surface area contributed by atoms with E-state index in [0.717, 1.165) is 0 Å². The summed E-state index contributed by atoms with van der Waals surface area (Å²) in [7, 11) is 1.25. The van der Waals surface area contributed by atoms with Gasteiger partial charge < -0.3 is 14.9 Å². The molecule has 1 heterocycles. The van der Waals surface area contributed by atoms with Crippen molar-refractivity contribution in [3.05, 3.63) is 23.7 Å². The second kappa shape index (κ2) is 5.29. The number of nitrogens with two attached hydrogens (primary N) is 2. The van der Waals surface area contributed by atoms with Crippen molar-refractivity contribution < 1.29 is 18.7 Å². The summed E-state index contributed by atoms with van der Waals surface area (Å²) in [5.74, 6) is 4.32. The van der Waals surface area contributed by atoms with E-state index >= 15 is 0 Å². The Balaban J connectivity index is 2.65. The molecule has 0 aliphatic heterocycles. The van der Waals surface area contributed by atoms with E-state index in [9.17, 15) is 9.59 Å². The molecular weight excluding hydrogens is 214 g/mol. The highest BCUT2D eigenvalue weighted by Gasteiger charge is 2.17. The Labute approximate surface area is 91.7 Å². The summed E-state index contributed by atoms with van der Waals surface area (Å²) in [5.41, 5.74) is 7.44. The van der Waals surface area contributed by atoms with Crippen LogP contribution in [0.5, 0.6) is 0 Å². The Hall–Kier alpha value is -1.86. The van der Waals surface area contributed by atoms with Gasteiger partial charge in [0, 0.05) is 6.42 Å². The third-order valence-corrected chi connectivity index (χ3v) is 1.94. The van der Waals surface area contributed by atoms with Gasteiger partial charge in [-0.15, -0.1) is 0 Å². The average Bonchev–Trinajstić information content (AvgIpc) is 2.75. The molecule has 88 valence electrons. The van der Waals surface area contributed by atoms with Crippen molar-refractivity contribution >= 4 is 11.9 Å². The van der Waals surface area contributed by atoms with E-state index in [1.54, 1.807) is 6.07 Å². The number of esters is 1. The number of hydrazine groups is 1. The summed E-state index contributed by atoms with van der Waals surface area (Å²) in [6, 6.07) is 2.18. The number of furan rings is 1. The molecule has 1 aromatic rings. The number of amides is 1. The molecule has 1 amide bonds. The fourth-order valence-corrected chi connectivity index (χ4v) is 1.13. The van der Waals surface area contributed by atoms with Crippen LogP contribution in [-0.4, -0.2) is 25.0 Å². The number of methoxy groups -OCH3 is 1. The zero-order valence-corrected chi connectivity index (χ0v) is 8.73. The van der Waals surface area contributed by atoms with Crippen molar-refractivity contribution in [1.29, 1.82) is 0 Å². The van der Waals surface area contributed by atoms with Crippen molar-refractivity contribution in [2.75, 3.05) is 7.11 Å². The molecule has 0 aliphatic rings. The van der Waals surface area contributed by atoms with Gasteiger partial charge >= 0.3 is 11.9 Å². The minimum atomic E-state index is -0.815. The smallest absolute Gasteiger partial charge is 0.323 e. The first kappa shape index (κ1) is 12.2. The number of carbonyl (C=O) groups is 2. The largest absolute Gasteiger partial charge is 0.468 e. The van der Waals surface area contributed by atoms with E-state index in [-0.39, 0.29) is 12.2 Å². The van der Waals surface area contributed by atoms with Gasteiger partial charge in [0.05, 0.1) is 7.11 Å². The molecule has 1 aromatic heterocycles. The van der Waals surface area contributed by atoms with E-state index < -0.39 is 17.9 Å². The number of nitrogens with one attached hydrogen (secondary N) is 1. The molecule has 0 aromatic carbocycles. The summed E-state index contributed by atoms with van der Waals surface area (Å²) in [4.78, 5) is 22.1. The van der Waals surface area contributed by atoms with Crippen molar-refractivity contribution in [3.63, 3.8) is 0 Å². The van der Waals surface area contributed by atoms with Gasteiger partial charge in [0.1, 0.15) is 11.8 Å². The Morgan fingerprint density at radius 3 is 2.81 bits per heavy atom. The van der Waals surface area contributed by atoms with Gasteiger partial charge in [-0.3, -0.25) is 15.0 Å². The topological polar surface area (TPSA) is 121 Å². The molecule has 0 spiro atoms. The zero-order valence-electron chi connectivity index (χ0n) is 8.73. The van der Waals surface area contributed by atoms with Gasteiger partial charge in [-0.05, 0) is 12.1 Å². The summed E-state index contributed by atoms with van der Waals surface area (Å²) >= 11 is 0. The van der Waals surface area contributed by atoms with Crippen molar-refractivity contribution in [2.24, 2.45) is 11.6 Å². The first-order valence-corrected chi connectivity index (χ1v) is 4.51. The van der Waals surface area contributed by atoms with Crippen LogP contribution in [0.25, 0.3) is 0 Å². The molecule has 0 saturated heterocycles. The van der Waals surface area contributed by atoms with Crippen molar-refractivity contribution in [2.45, 2.75) is 12.5 Å². The molecule has 0 fully saturated rings. The molecule has 7 heteroatoms. The lowest BCUT2D eigenvalue weighted by Crippen LogP contribution is -2.33. The fourth-order valence-electron chi connectivity index (χ4n) is 1.13. The van der Waals surface area contributed by atoms with Crippen LogP contribution in [0.2, 0.25) is 0 Å². The van der Waals surface area contributed by atoms with Crippen LogP contribution in [0.4, 0.5) is 0 Å². The predicted molar refractivity (Wildman–Crippen MR) is 54.1 cm³/mol. The van der Waals surface area contributed by atoms with E-state index in [1.807, 2.05) is 5.43 Å². The van der Waals surface area contributed by atoms with E-state index in [1.165, 1.54) is 13.2 Å². The minimum absolute atomic E-state index is 0.0644. The highest BCUT2D eigenvalue weighted by atomic mass is 16.5. The normalized spacial score (nSPS) is 11.9. The van der Waals surface area contributed by atoms with Gasteiger partial charge in [-0.2, -0.15) is 0 Å². The molecule has 7 nitrogen and oxygen atoms in total. The number of hydrogen-bond acceptors (Lipinski definition) is 6. The Morgan fingerprint density at radius 2 is 2.25 bits per heavy atom. The lowest BCUT2D eigenvalue weighted by atomic mass is 10.2. The molecule has 16 heavy (non-hydrogen) atoms. The molecule has 0 aliphatic carbocycles. The predicted octanol–water partition coefficient (Wildman–Crippen LogP) is -1.07. The van der Waals surface area contributed by atoms with Gasteiger partial charge in [0.25, 0.3) is 0 Å². The third kappa shape index (κ3) is 2.81. The zero-order chi connectivity index (χ0) is 12.1. The van der Waals surface area contributed by atoms with Gasteiger partial charge in [0.15, 0.2) is 5.76 Å². The lowest BCUT2D eigenvalue weighted by Gasteiger charge is -2.06. The SMILES string of the molecule is COC(=O)[C@H](N)Cc1ccc(C(=O)NN)o1. The van der Waals surface area contributed by atoms with Crippen LogP contribution >= 0.6 is 0 Å². The van der Waals surface area contributed by atoms with Crippen molar-refractivity contribution in [3.8, 4) is 0 Å². The number of nitrogen functional groups attached to an aromatic ring is 1. The maximum Gasteiger partial charge on any atom is 0.323 e. The van der Waals surface area contributed by atoms with Crippen LogP contribution < -0.4 is 17.0 Å². The van der Waals surface area contributed by atoms with Crippen LogP contribution in [0.15, 0.2) is 16.5 Å². The molecule has 1 atom stereocenters. The second-order valence-electron chi connectivity index (χ2n) is 3.07. The first-order valence-electron chi connectivity index (χ1n) is 4.51. The summed E-state index contributed by atoms with van der Waals surface area (Å²) in [6.07, 6.45) is 0.157. The van der Waals surface area contributed by atoms with Crippen LogP contribution in [0, 0.1) is 0 Å². The molecule has 0 saturated carbocycles. The van der Waals surface area contributed by atoms with E-state index in [0.29, 0.717) is 5.76 Å². The highest BCUT2D eigenvalue weighted by molar-refractivity contribution is 5.90. The molecule has 0 bridgehead atoms. The Morgan fingerprint density at radius 1 is 1.56 bits per heavy atom. The average molecular weight is 227 g/mol. The molecule has 5 N–H and O–H groups in total. The Bertz CT molecular complexity index is 388. The fraction of sp³-hybridized carbons (Fsp3) is 0.333. The van der Waals surface area contributed by atoms with Crippen LogP contribution in [-0.2, 0) is 16.0 Å². The third-order valence-electron chi connectivity index (χ3n) is 1.94. The maximum absolute atomic E-state index is 11.0. The quantitative estimate of drug-likeness (QED) is 0.260. The van der Waals surface area contributed by atoms with Gasteiger partial charge in [-0.25, -0.2) is 5.84 Å². The molecule has 0 radical (unpaired) electrons. The number of ether oxygens (including phenoxy) is 1. The number of rotatable bonds is 4. The van der Waals surface area contributed by atoms with Crippen molar-refractivity contribution in [1.82, 2.24) is 5.43 Å². The summed E-state index contributed by atoms with van der Waals surface area (Å²) in [5, 5.41) is 0. The Kier molecular flexibility index (Phi) is 4.03. The van der Waals surface area contributed by atoms with Gasteiger partial charge in [-0.1, -0.05) is 0 Å². The van der Waals surface area contributed by atoms with E-state index in [4.69, 9.17) is 16.0 Å². The van der Waals surface area contributed by atoms with Crippen LogP contribution in [0.3, 0.4) is 0 Å². The monoisotopic (exact) mass is 227 g/mol. The standard InChI is InChI=1S/C9H13N3O4/c1-15-9(14)6(10)4-5-2-3-7(16-5)8(13)12-11/h2-3,6H,4,10-11H2,1H3,(H,12,13)/t6-/m1/s1. The van der Waals surface area contributed by atoms with Crippen LogP contribution in [0.1, 0.15) is 16.3 Å². The summed E-state index contributed by atoms with van der Waals surface area (Å²) in [6.45, 7) is 0. The van der Waals surface area contributed by atoms with Gasteiger partial charge in [0.2, 0.25) is 0 Å². The van der Waals surface area contributed by atoms with E-state index in [2.05, 4.69) is 4.74 Å². The number of hydrogen-bond donors (Lipinski definition) is 3. The molecule has 0 unspecified atom stereocenters.